The van der Waals surface area contributed by atoms with E-state index < -0.39 is 0 Å². The smallest absolute Gasteiger partial charge is 0.152 e. The number of pyridine rings is 1. The van der Waals surface area contributed by atoms with Crippen molar-refractivity contribution in [1.29, 1.82) is 0 Å². The first-order valence-electron chi connectivity index (χ1n) is 5.56. The minimum atomic E-state index is -0.0174. The van der Waals surface area contributed by atoms with Crippen LogP contribution >= 0.6 is 11.6 Å². The monoisotopic (exact) mass is 257 g/mol. The van der Waals surface area contributed by atoms with E-state index in [1.807, 2.05) is 36.4 Å². The average molecular weight is 258 g/mol. The molecule has 0 atom stereocenters. The summed E-state index contributed by atoms with van der Waals surface area (Å²) < 4.78 is 0. The molecular formula is C15H12ClNO. The lowest BCUT2D eigenvalue weighted by Gasteiger charge is -2.03. The largest absolute Gasteiger partial charge is 0.295 e. The number of ketones is 1. The molecule has 0 bridgehead atoms. The summed E-state index contributed by atoms with van der Waals surface area (Å²) in [6, 6.07) is 11.8. The molecule has 2 nitrogen and oxygen atoms in total. The molecule has 90 valence electrons. The minimum absolute atomic E-state index is 0.0174. The van der Waals surface area contributed by atoms with Gasteiger partial charge in [0.15, 0.2) is 5.78 Å². The van der Waals surface area contributed by atoms with Crippen LogP contribution in [0.15, 0.2) is 48.7 Å². The van der Waals surface area contributed by atoms with E-state index in [0.717, 1.165) is 16.7 Å². The van der Waals surface area contributed by atoms with Gasteiger partial charge in [0.25, 0.3) is 0 Å². The summed E-state index contributed by atoms with van der Waals surface area (Å²) in [5, 5.41) is 0.396. The number of halogens is 1. The van der Waals surface area contributed by atoms with Gasteiger partial charge in [-0.3, -0.25) is 4.79 Å². The van der Waals surface area contributed by atoms with E-state index in [2.05, 4.69) is 4.98 Å². The standard InChI is InChI=1S/C15H12ClNO/c1-11(18)7-8-13-9-14(10-17-15(13)16)12-5-3-2-4-6-12/h2-10H,1H3/b8-7+. The maximum atomic E-state index is 10.9. The molecule has 0 spiro atoms. The van der Waals surface area contributed by atoms with Crippen LogP contribution in [0.1, 0.15) is 12.5 Å². The number of nitrogens with zero attached hydrogens (tertiary/aromatic N) is 1. The van der Waals surface area contributed by atoms with Crippen LogP contribution < -0.4 is 0 Å². The van der Waals surface area contributed by atoms with Crippen LogP contribution in [-0.2, 0) is 4.79 Å². The van der Waals surface area contributed by atoms with E-state index in [-0.39, 0.29) is 5.78 Å². The summed E-state index contributed by atoms with van der Waals surface area (Å²) in [7, 11) is 0. The molecule has 0 aliphatic rings. The van der Waals surface area contributed by atoms with Crippen molar-refractivity contribution in [3.8, 4) is 11.1 Å². The number of carbonyl (C=O) groups excluding carboxylic acids is 1. The zero-order valence-electron chi connectivity index (χ0n) is 9.93. The summed E-state index contributed by atoms with van der Waals surface area (Å²) in [6.45, 7) is 1.50. The highest BCUT2D eigenvalue weighted by molar-refractivity contribution is 6.31. The van der Waals surface area contributed by atoms with Gasteiger partial charge in [-0.25, -0.2) is 4.98 Å². The molecule has 0 unspecified atom stereocenters. The molecule has 0 N–H and O–H groups in total. The molecule has 1 heterocycles. The normalized spacial score (nSPS) is 10.8. The molecule has 18 heavy (non-hydrogen) atoms. The van der Waals surface area contributed by atoms with Gasteiger partial charge in [-0.05, 0) is 30.7 Å². The SMILES string of the molecule is CC(=O)/C=C/c1cc(-c2ccccc2)cnc1Cl. The van der Waals surface area contributed by atoms with Crippen molar-refractivity contribution in [2.75, 3.05) is 0 Å². The van der Waals surface area contributed by atoms with Crippen LogP contribution in [0.5, 0.6) is 0 Å². The van der Waals surface area contributed by atoms with Crippen molar-refractivity contribution < 1.29 is 4.79 Å². The average Bonchev–Trinajstić information content (AvgIpc) is 2.38. The van der Waals surface area contributed by atoms with Crippen molar-refractivity contribution in [3.05, 3.63) is 59.4 Å². The molecule has 0 radical (unpaired) electrons. The Morgan fingerprint density at radius 2 is 1.94 bits per heavy atom. The molecule has 0 saturated carbocycles. The zero-order valence-corrected chi connectivity index (χ0v) is 10.7. The Labute approximate surface area is 111 Å². The number of aromatic nitrogens is 1. The lowest BCUT2D eigenvalue weighted by atomic mass is 10.1. The molecule has 0 aliphatic heterocycles. The Bertz CT molecular complexity index is 591. The van der Waals surface area contributed by atoms with Gasteiger partial charge in [0.05, 0.1) is 0 Å². The number of carbonyl (C=O) groups is 1. The third-order valence-electron chi connectivity index (χ3n) is 2.47. The number of rotatable bonds is 3. The van der Waals surface area contributed by atoms with Gasteiger partial charge in [0.1, 0.15) is 5.15 Å². The summed E-state index contributed by atoms with van der Waals surface area (Å²) in [6.07, 6.45) is 4.89. The molecule has 0 fully saturated rings. The fraction of sp³-hybridized carbons (Fsp3) is 0.0667. The van der Waals surface area contributed by atoms with Gasteiger partial charge < -0.3 is 0 Å². The quantitative estimate of drug-likeness (QED) is 0.614. The van der Waals surface area contributed by atoms with Gasteiger partial charge in [0.2, 0.25) is 0 Å². The Morgan fingerprint density at radius 1 is 1.22 bits per heavy atom. The molecule has 3 heteroatoms. The molecular weight excluding hydrogens is 246 g/mol. The Balaban J connectivity index is 2.41. The highest BCUT2D eigenvalue weighted by atomic mass is 35.5. The second kappa shape index (κ2) is 5.61. The van der Waals surface area contributed by atoms with Crippen LogP contribution in [0.2, 0.25) is 5.15 Å². The third kappa shape index (κ3) is 3.05. The lowest BCUT2D eigenvalue weighted by molar-refractivity contribution is -0.112. The Hall–Kier alpha value is -1.93. The van der Waals surface area contributed by atoms with Crippen LogP contribution in [-0.4, -0.2) is 10.8 Å². The summed E-state index contributed by atoms with van der Waals surface area (Å²) in [4.78, 5) is 15.1. The second-order valence-corrected chi connectivity index (χ2v) is 4.27. The van der Waals surface area contributed by atoms with E-state index in [1.165, 1.54) is 13.0 Å². The maximum absolute atomic E-state index is 10.9. The predicted octanol–water partition coefficient (Wildman–Crippen LogP) is 4.00. The summed E-state index contributed by atoms with van der Waals surface area (Å²) in [5.41, 5.74) is 2.79. The maximum Gasteiger partial charge on any atom is 0.152 e. The van der Waals surface area contributed by atoms with Gasteiger partial charge in [-0.1, -0.05) is 41.9 Å². The van der Waals surface area contributed by atoms with Crippen LogP contribution in [0.25, 0.3) is 17.2 Å². The molecule has 2 rings (SSSR count). The van der Waals surface area contributed by atoms with E-state index in [0.29, 0.717) is 5.15 Å². The van der Waals surface area contributed by atoms with Gasteiger partial charge >= 0.3 is 0 Å². The fourth-order valence-electron chi connectivity index (χ4n) is 1.58. The highest BCUT2D eigenvalue weighted by Crippen LogP contribution is 2.23. The van der Waals surface area contributed by atoms with Gasteiger partial charge in [-0.15, -0.1) is 0 Å². The highest BCUT2D eigenvalue weighted by Gasteiger charge is 2.03. The van der Waals surface area contributed by atoms with Gasteiger partial charge in [0, 0.05) is 17.3 Å². The van der Waals surface area contributed by atoms with Crippen LogP contribution in [0, 0.1) is 0 Å². The topological polar surface area (TPSA) is 30.0 Å². The first-order chi connectivity index (χ1) is 8.66. The van der Waals surface area contributed by atoms with E-state index in [1.54, 1.807) is 12.3 Å². The Kier molecular flexibility index (Phi) is 3.90. The predicted molar refractivity (Wildman–Crippen MR) is 74.4 cm³/mol. The van der Waals surface area contributed by atoms with Crippen molar-refractivity contribution >= 4 is 23.5 Å². The Morgan fingerprint density at radius 3 is 2.61 bits per heavy atom. The van der Waals surface area contributed by atoms with Crippen molar-refractivity contribution in [2.24, 2.45) is 0 Å². The van der Waals surface area contributed by atoms with Crippen molar-refractivity contribution in [2.45, 2.75) is 6.92 Å². The zero-order chi connectivity index (χ0) is 13.0. The summed E-state index contributed by atoms with van der Waals surface area (Å²) in [5.74, 6) is -0.0174. The molecule has 0 aliphatic carbocycles. The van der Waals surface area contributed by atoms with E-state index in [9.17, 15) is 4.79 Å². The number of hydrogen-bond acceptors (Lipinski definition) is 2. The van der Waals surface area contributed by atoms with Crippen LogP contribution in [0.3, 0.4) is 0 Å². The third-order valence-corrected chi connectivity index (χ3v) is 2.79. The van der Waals surface area contributed by atoms with Crippen LogP contribution in [0.4, 0.5) is 0 Å². The molecule has 0 saturated heterocycles. The van der Waals surface area contributed by atoms with Gasteiger partial charge in [-0.2, -0.15) is 0 Å². The fourth-order valence-corrected chi connectivity index (χ4v) is 1.74. The second-order valence-electron chi connectivity index (χ2n) is 3.91. The summed E-state index contributed by atoms with van der Waals surface area (Å²) >= 11 is 5.99. The minimum Gasteiger partial charge on any atom is -0.295 e. The number of hydrogen-bond donors (Lipinski definition) is 0. The molecule has 1 aromatic carbocycles. The van der Waals surface area contributed by atoms with Crippen molar-refractivity contribution in [1.82, 2.24) is 4.98 Å². The molecule has 0 amide bonds. The molecule has 2 aromatic rings. The van der Waals surface area contributed by atoms with E-state index >= 15 is 0 Å². The lowest BCUT2D eigenvalue weighted by Crippen LogP contribution is -1.86. The number of benzene rings is 1. The van der Waals surface area contributed by atoms with Crippen molar-refractivity contribution in [3.63, 3.8) is 0 Å². The van der Waals surface area contributed by atoms with E-state index in [4.69, 9.17) is 11.6 Å². The first kappa shape index (κ1) is 12.5. The molecule has 1 aromatic heterocycles. The first-order valence-corrected chi connectivity index (χ1v) is 5.94. The number of allylic oxidation sites excluding steroid dienone is 1.